The van der Waals surface area contributed by atoms with Gasteiger partial charge in [0.25, 0.3) is 5.91 Å². The van der Waals surface area contributed by atoms with Crippen molar-refractivity contribution in [2.24, 2.45) is 0 Å². The van der Waals surface area contributed by atoms with E-state index in [1.165, 1.54) is 36.5 Å². The number of nitrogens with zero attached hydrogens (tertiary/aromatic N) is 1. The molecule has 4 rings (SSSR count). The lowest BCUT2D eigenvalue weighted by molar-refractivity contribution is -0.114. The molecule has 0 radical (unpaired) electrons. The van der Waals surface area contributed by atoms with Gasteiger partial charge in [-0.15, -0.1) is 9.24 Å². The summed E-state index contributed by atoms with van der Waals surface area (Å²) in [5, 5.41) is 3.87. The van der Waals surface area contributed by atoms with Crippen molar-refractivity contribution in [2.45, 2.75) is 43.8 Å². The summed E-state index contributed by atoms with van der Waals surface area (Å²) in [7, 11) is -1.48. The maximum Gasteiger partial charge on any atom is 0.257 e. The largest absolute Gasteiger partial charge is 0.311 e. The molecule has 1 amide bonds. The summed E-state index contributed by atoms with van der Waals surface area (Å²) < 4.78 is 24.8. The zero-order chi connectivity index (χ0) is 23.3. The first kappa shape index (κ1) is 24.1. The lowest BCUT2D eigenvalue weighted by atomic mass is 10.0. The molecule has 3 atom stereocenters. The van der Waals surface area contributed by atoms with Crippen molar-refractivity contribution in [3.8, 4) is 0 Å². The minimum absolute atomic E-state index is 0.205. The first-order chi connectivity index (χ1) is 15.9. The fraction of sp³-hybridized carbons (Fsp3) is 0.400. The van der Waals surface area contributed by atoms with E-state index in [2.05, 4.69) is 61.9 Å². The molecule has 1 heterocycles. The molecular weight excluding hydrogens is 453 g/mol. The highest BCUT2D eigenvalue weighted by atomic mass is 32.2. The van der Waals surface area contributed by atoms with Crippen molar-refractivity contribution >= 4 is 31.2 Å². The number of amides is 1. The molecule has 1 saturated heterocycles. The average molecular weight is 486 g/mol. The summed E-state index contributed by atoms with van der Waals surface area (Å²) >= 11 is 0. The van der Waals surface area contributed by atoms with Crippen molar-refractivity contribution in [2.75, 3.05) is 18.6 Å². The number of carbonyl (C=O) groups excluding carboxylic acids is 1. The molecule has 1 unspecified atom stereocenters. The smallest absolute Gasteiger partial charge is 0.257 e. The van der Waals surface area contributed by atoms with Crippen molar-refractivity contribution in [1.82, 2.24) is 14.9 Å². The average Bonchev–Trinajstić information content (AvgIpc) is 3.59. The fourth-order valence-corrected chi connectivity index (χ4v) is 5.11. The van der Waals surface area contributed by atoms with E-state index in [-0.39, 0.29) is 5.49 Å². The Bertz CT molecular complexity index is 1070. The van der Waals surface area contributed by atoms with Gasteiger partial charge in [-0.05, 0) is 55.1 Å². The fourth-order valence-electron chi connectivity index (χ4n) is 4.40. The van der Waals surface area contributed by atoms with Crippen LogP contribution in [0.5, 0.6) is 0 Å². The monoisotopic (exact) mass is 485 g/mol. The quantitative estimate of drug-likeness (QED) is 0.422. The van der Waals surface area contributed by atoms with Crippen LogP contribution in [0.15, 0.2) is 60.7 Å². The molecule has 2 N–H and O–H groups in total. The molecule has 1 aliphatic heterocycles. The third-order valence-electron chi connectivity index (χ3n) is 6.34. The van der Waals surface area contributed by atoms with Crippen LogP contribution in [0.25, 0.3) is 6.08 Å². The molecule has 1 saturated carbocycles. The van der Waals surface area contributed by atoms with Gasteiger partial charge in [-0.2, -0.15) is 0 Å². The number of rotatable bonds is 9. The Labute approximate surface area is 199 Å². The van der Waals surface area contributed by atoms with Crippen LogP contribution in [0, 0.1) is 0 Å². The number of sulfonamides is 1. The lowest BCUT2D eigenvalue weighted by Crippen LogP contribution is -2.43. The van der Waals surface area contributed by atoms with Crippen LogP contribution in [-0.2, 0) is 21.4 Å². The van der Waals surface area contributed by atoms with Gasteiger partial charge >= 0.3 is 0 Å². The third kappa shape index (κ3) is 7.21. The number of benzene rings is 2. The predicted octanol–water partition coefficient (Wildman–Crippen LogP) is 3.09. The molecule has 0 spiro atoms. The molecule has 2 fully saturated rings. The number of carbonyl (C=O) groups is 1. The molecule has 2 aromatic carbocycles. The topological polar surface area (TPSA) is 78.5 Å². The van der Waals surface area contributed by atoms with Crippen LogP contribution < -0.4 is 10.0 Å². The Morgan fingerprint density at radius 1 is 1.06 bits per heavy atom. The summed E-state index contributed by atoms with van der Waals surface area (Å²) in [6.07, 6.45) is 6.46. The summed E-state index contributed by atoms with van der Waals surface area (Å²) in [6, 6.07) is 20.1. The molecule has 2 aromatic rings. The van der Waals surface area contributed by atoms with Crippen molar-refractivity contribution in [1.29, 1.82) is 0 Å². The molecule has 8 heteroatoms. The van der Waals surface area contributed by atoms with Crippen molar-refractivity contribution in [3.05, 3.63) is 77.4 Å². The minimum Gasteiger partial charge on any atom is -0.311 e. The van der Waals surface area contributed by atoms with Gasteiger partial charge in [-0.1, -0.05) is 54.6 Å². The zero-order valence-electron chi connectivity index (χ0n) is 18.7. The van der Waals surface area contributed by atoms with Crippen LogP contribution in [-0.4, -0.2) is 49.9 Å². The molecule has 2 aliphatic rings. The molecule has 0 aromatic heterocycles. The van der Waals surface area contributed by atoms with E-state index in [4.69, 9.17) is 0 Å². The van der Waals surface area contributed by atoms with Crippen LogP contribution in [0.3, 0.4) is 0 Å². The zero-order valence-corrected chi connectivity index (χ0v) is 20.7. The number of hydrogen-bond donors (Lipinski definition) is 2. The standard InChI is InChI=1S/C25H32N3O3PS/c29-25(27-33(30,31)18-32)11-10-19-6-8-20(9-7-19)17-28-14-12-22(13-15-28)26-24-16-23(24)21-4-2-1-3-5-21/h1-11,22-24,26H,12-18,32H2,(H,27,29)/b11-10+/t23-,24+/m0/s1. The number of hydrogen-bond acceptors (Lipinski definition) is 5. The first-order valence-corrected chi connectivity index (χ1v) is 13.9. The Hall–Kier alpha value is -2.05. The maximum absolute atomic E-state index is 11.7. The second-order valence-electron chi connectivity index (χ2n) is 8.90. The van der Waals surface area contributed by atoms with Crippen molar-refractivity contribution in [3.63, 3.8) is 0 Å². The Kier molecular flexibility index (Phi) is 7.97. The molecule has 0 bridgehead atoms. The van der Waals surface area contributed by atoms with E-state index in [9.17, 15) is 13.2 Å². The van der Waals surface area contributed by atoms with Crippen molar-refractivity contribution < 1.29 is 13.2 Å². The highest BCUT2D eigenvalue weighted by Gasteiger charge is 2.39. The molecule has 33 heavy (non-hydrogen) atoms. The summed E-state index contributed by atoms with van der Waals surface area (Å²) in [6.45, 7) is 3.10. The second-order valence-corrected chi connectivity index (χ2v) is 11.7. The van der Waals surface area contributed by atoms with Gasteiger partial charge in [0.05, 0.1) is 5.49 Å². The van der Waals surface area contributed by atoms with E-state index in [0.29, 0.717) is 18.0 Å². The first-order valence-electron chi connectivity index (χ1n) is 11.5. The second kappa shape index (κ2) is 10.9. The van der Waals surface area contributed by atoms with Crippen LogP contribution >= 0.6 is 9.24 Å². The highest BCUT2D eigenvalue weighted by molar-refractivity contribution is 7.93. The minimum atomic E-state index is -3.57. The maximum atomic E-state index is 11.7. The Morgan fingerprint density at radius 2 is 1.76 bits per heavy atom. The Morgan fingerprint density at radius 3 is 2.42 bits per heavy atom. The van der Waals surface area contributed by atoms with Gasteiger partial charge in [0.2, 0.25) is 10.0 Å². The van der Waals surface area contributed by atoms with Gasteiger partial charge in [0.1, 0.15) is 0 Å². The summed E-state index contributed by atoms with van der Waals surface area (Å²) in [5.74, 6) is 0.0391. The van der Waals surface area contributed by atoms with Gasteiger partial charge < -0.3 is 5.32 Å². The Balaban J connectivity index is 1.18. The van der Waals surface area contributed by atoms with Gasteiger partial charge in [-0.25, -0.2) is 13.1 Å². The van der Waals surface area contributed by atoms with Gasteiger partial charge in [0.15, 0.2) is 0 Å². The highest BCUT2D eigenvalue weighted by Crippen LogP contribution is 2.41. The van der Waals surface area contributed by atoms with Gasteiger partial charge in [0, 0.05) is 30.6 Å². The SMILES string of the molecule is O=C(/C=C/c1ccc(CN2CCC(N[C@@H]3C[C@H]3c3ccccc3)CC2)cc1)NS(=O)(=O)CP. The van der Waals surface area contributed by atoms with Crippen LogP contribution in [0.2, 0.25) is 0 Å². The van der Waals surface area contributed by atoms with Crippen LogP contribution in [0.1, 0.15) is 41.9 Å². The predicted molar refractivity (Wildman–Crippen MR) is 136 cm³/mol. The third-order valence-corrected chi connectivity index (χ3v) is 8.61. The van der Waals surface area contributed by atoms with E-state index >= 15 is 0 Å². The molecule has 1 aliphatic carbocycles. The van der Waals surface area contributed by atoms with E-state index in [1.54, 1.807) is 6.08 Å². The number of piperidine rings is 1. The lowest BCUT2D eigenvalue weighted by Gasteiger charge is -2.32. The molecule has 176 valence electrons. The molecular formula is C25H32N3O3PS. The van der Waals surface area contributed by atoms with E-state index in [0.717, 1.165) is 25.2 Å². The van der Waals surface area contributed by atoms with E-state index in [1.807, 2.05) is 16.9 Å². The number of likely N-dealkylation sites (tertiary alicyclic amines) is 1. The normalized spacial score (nSPS) is 21.8. The summed E-state index contributed by atoms with van der Waals surface area (Å²) in [4.78, 5) is 14.2. The summed E-state index contributed by atoms with van der Waals surface area (Å²) in [5.41, 5.74) is 3.34. The van der Waals surface area contributed by atoms with E-state index < -0.39 is 15.9 Å². The van der Waals surface area contributed by atoms with Gasteiger partial charge in [-0.3, -0.25) is 9.69 Å². The van der Waals surface area contributed by atoms with Crippen LogP contribution in [0.4, 0.5) is 0 Å². The number of nitrogens with one attached hydrogen (secondary N) is 2. The molecule has 6 nitrogen and oxygen atoms in total.